The maximum Gasteiger partial charge on any atom is 0.101 e. The van der Waals surface area contributed by atoms with Crippen LogP contribution in [0.25, 0.3) is 0 Å². The number of rotatable bonds is 9. The fourth-order valence-corrected chi connectivity index (χ4v) is 4.07. The predicted molar refractivity (Wildman–Crippen MR) is 98.8 cm³/mol. The standard InChI is InChI=1S/C22H35F/c1-3-4-5-6-7-8-19-9-13-21(14-10-19)22-15-11-20(12-16-22)17-18(2)23/h11-12,15-16,18-19,21H,3-10,13-14,17H2,1-2H3. The summed E-state index contributed by atoms with van der Waals surface area (Å²) in [7, 11) is 0. The molecule has 130 valence electrons. The normalized spacial score (nSPS) is 22.9. The van der Waals surface area contributed by atoms with E-state index in [0.29, 0.717) is 6.42 Å². The Labute approximate surface area is 142 Å². The molecule has 0 saturated heterocycles. The summed E-state index contributed by atoms with van der Waals surface area (Å²) in [4.78, 5) is 0. The van der Waals surface area contributed by atoms with Crippen molar-refractivity contribution in [3.05, 3.63) is 35.4 Å². The zero-order chi connectivity index (χ0) is 16.5. The highest BCUT2D eigenvalue weighted by Gasteiger charge is 2.22. The summed E-state index contributed by atoms with van der Waals surface area (Å²) in [5.74, 6) is 1.71. The van der Waals surface area contributed by atoms with Gasteiger partial charge in [-0.25, -0.2) is 4.39 Å². The van der Waals surface area contributed by atoms with Crippen LogP contribution in [0.5, 0.6) is 0 Å². The molecule has 2 rings (SSSR count). The number of unbranched alkanes of at least 4 members (excludes halogenated alkanes) is 4. The molecular weight excluding hydrogens is 283 g/mol. The molecule has 1 saturated carbocycles. The molecule has 1 aromatic carbocycles. The quantitative estimate of drug-likeness (QED) is 0.421. The lowest BCUT2D eigenvalue weighted by molar-refractivity contribution is 0.302. The number of benzene rings is 1. The first kappa shape index (κ1) is 18.5. The minimum absolute atomic E-state index is 0.547. The lowest BCUT2D eigenvalue weighted by Gasteiger charge is -2.29. The predicted octanol–water partition coefficient (Wildman–Crippen LogP) is 7.22. The van der Waals surface area contributed by atoms with Gasteiger partial charge in [0.25, 0.3) is 0 Å². The highest BCUT2D eigenvalue weighted by molar-refractivity contribution is 5.26. The van der Waals surface area contributed by atoms with E-state index in [2.05, 4.69) is 31.2 Å². The summed E-state index contributed by atoms with van der Waals surface area (Å²) in [5.41, 5.74) is 2.60. The van der Waals surface area contributed by atoms with Gasteiger partial charge in [-0.3, -0.25) is 0 Å². The largest absolute Gasteiger partial charge is 0.247 e. The molecule has 1 atom stereocenters. The molecule has 1 fully saturated rings. The molecule has 23 heavy (non-hydrogen) atoms. The van der Waals surface area contributed by atoms with Gasteiger partial charge in [-0.2, -0.15) is 0 Å². The molecule has 0 N–H and O–H groups in total. The summed E-state index contributed by atoms with van der Waals surface area (Å²) in [6.45, 7) is 3.92. The zero-order valence-electron chi connectivity index (χ0n) is 15.2. The lowest BCUT2D eigenvalue weighted by Crippen LogP contribution is -2.13. The van der Waals surface area contributed by atoms with Crippen molar-refractivity contribution < 1.29 is 4.39 Å². The van der Waals surface area contributed by atoms with Crippen LogP contribution in [-0.2, 0) is 6.42 Å². The van der Waals surface area contributed by atoms with Gasteiger partial charge < -0.3 is 0 Å². The van der Waals surface area contributed by atoms with Gasteiger partial charge in [0, 0.05) is 6.42 Å². The summed E-state index contributed by atoms with van der Waals surface area (Å²) in [5, 5.41) is 0. The Balaban J connectivity index is 1.69. The molecule has 1 unspecified atom stereocenters. The van der Waals surface area contributed by atoms with Crippen LogP contribution >= 0.6 is 0 Å². The van der Waals surface area contributed by atoms with Gasteiger partial charge >= 0.3 is 0 Å². The van der Waals surface area contributed by atoms with Crippen molar-refractivity contribution in [1.29, 1.82) is 0 Å². The van der Waals surface area contributed by atoms with Gasteiger partial charge in [0.1, 0.15) is 6.17 Å². The third-order valence-corrected chi connectivity index (χ3v) is 5.53. The second kappa shape index (κ2) is 10.1. The Bertz CT molecular complexity index is 412. The first-order valence-electron chi connectivity index (χ1n) is 9.92. The summed E-state index contributed by atoms with van der Waals surface area (Å²) in [6.07, 6.45) is 13.8. The average molecular weight is 319 g/mol. The van der Waals surface area contributed by atoms with Crippen LogP contribution in [-0.4, -0.2) is 6.17 Å². The monoisotopic (exact) mass is 318 g/mol. The van der Waals surface area contributed by atoms with Gasteiger partial charge in [-0.05, 0) is 55.6 Å². The molecule has 1 aliphatic rings. The van der Waals surface area contributed by atoms with Crippen molar-refractivity contribution in [3.63, 3.8) is 0 Å². The maximum absolute atomic E-state index is 13.1. The third-order valence-electron chi connectivity index (χ3n) is 5.53. The van der Waals surface area contributed by atoms with E-state index < -0.39 is 6.17 Å². The first-order valence-corrected chi connectivity index (χ1v) is 9.92. The van der Waals surface area contributed by atoms with Crippen molar-refractivity contribution in [2.45, 2.75) is 96.6 Å². The molecule has 0 aliphatic heterocycles. The van der Waals surface area contributed by atoms with Crippen LogP contribution in [0.15, 0.2) is 24.3 Å². The van der Waals surface area contributed by atoms with Crippen LogP contribution in [0, 0.1) is 5.92 Å². The topological polar surface area (TPSA) is 0 Å². The summed E-state index contributed by atoms with van der Waals surface area (Å²) < 4.78 is 13.1. The van der Waals surface area contributed by atoms with Crippen LogP contribution in [0.3, 0.4) is 0 Å². The summed E-state index contributed by atoms with van der Waals surface area (Å²) >= 11 is 0. The second-order valence-electron chi connectivity index (χ2n) is 7.65. The fraction of sp³-hybridized carbons (Fsp3) is 0.727. The van der Waals surface area contributed by atoms with E-state index >= 15 is 0 Å². The lowest BCUT2D eigenvalue weighted by atomic mass is 9.77. The van der Waals surface area contributed by atoms with E-state index in [4.69, 9.17) is 0 Å². The van der Waals surface area contributed by atoms with Crippen molar-refractivity contribution >= 4 is 0 Å². The maximum atomic E-state index is 13.1. The van der Waals surface area contributed by atoms with Crippen LogP contribution < -0.4 is 0 Å². The van der Waals surface area contributed by atoms with Crippen molar-refractivity contribution in [3.8, 4) is 0 Å². The Morgan fingerprint density at radius 1 is 0.957 bits per heavy atom. The molecule has 0 aromatic heterocycles. The Morgan fingerprint density at radius 3 is 2.22 bits per heavy atom. The molecule has 0 spiro atoms. The van der Waals surface area contributed by atoms with E-state index in [1.807, 2.05) is 0 Å². The molecular formula is C22H35F. The Hall–Kier alpha value is -0.850. The molecule has 0 radical (unpaired) electrons. The number of halogens is 1. The highest BCUT2D eigenvalue weighted by Crippen LogP contribution is 2.37. The van der Waals surface area contributed by atoms with Crippen molar-refractivity contribution in [2.24, 2.45) is 5.92 Å². The number of hydrogen-bond acceptors (Lipinski definition) is 0. The molecule has 1 aliphatic carbocycles. The van der Waals surface area contributed by atoms with Gasteiger partial charge in [0.2, 0.25) is 0 Å². The van der Waals surface area contributed by atoms with Crippen LogP contribution in [0.2, 0.25) is 0 Å². The molecule has 1 heteroatoms. The van der Waals surface area contributed by atoms with E-state index in [-0.39, 0.29) is 0 Å². The Kier molecular flexibility index (Phi) is 8.12. The molecule has 0 nitrogen and oxygen atoms in total. The molecule has 0 bridgehead atoms. The minimum atomic E-state index is -0.742. The van der Waals surface area contributed by atoms with Gasteiger partial charge in [0.05, 0.1) is 0 Å². The summed E-state index contributed by atoms with van der Waals surface area (Å²) in [6, 6.07) is 8.75. The molecule has 0 amide bonds. The Morgan fingerprint density at radius 2 is 1.61 bits per heavy atom. The van der Waals surface area contributed by atoms with E-state index in [0.717, 1.165) is 17.4 Å². The van der Waals surface area contributed by atoms with Gasteiger partial charge in [-0.15, -0.1) is 0 Å². The van der Waals surface area contributed by atoms with Crippen LogP contribution in [0.4, 0.5) is 4.39 Å². The smallest absolute Gasteiger partial charge is 0.101 e. The molecule has 1 aromatic rings. The van der Waals surface area contributed by atoms with Crippen LogP contribution in [0.1, 0.15) is 95.1 Å². The number of alkyl halides is 1. The SMILES string of the molecule is CCCCCCCC1CCC(c2ccc(CC(C)F)cc2)CC1. The molecule has 0 heterocycles. The van der Waals surface area contributed by atoms with Crippen molar-refractivity contribution in [2.75, 3.05) is 0 Å². The van der Waals surface area contributed by atoms with Gasteiger partial charge in [0.15, 0.2) is 0 Å². The number of hydrogen-bond donors (Lipinski definition) is 0. The van der Waals surface area contributed by atoms with Gasteiger partial charge in [-0.1, -0.05) is 69.7 Å². The third kappa shape index (κ3) is 6.65. The van der Waals surface area contributed by atoms with E-state index in [9.17, 15) is 4.39 Å². The first-order chi connectivity index (χ1) is 11.2. The van der Waals surface area contributed by atoms with E-state index in [1.54, 1.807) is 6.92 Å². The minimum Gasteiger partial charge on any atom is -0.247 e. The highest BCUT2D eigenvalue weighted by atomic mass is 19.1. The zero-order valence-corrected chi connectivity index (χ0v) is 15.2. The average Bonchev–Trinajstić information content (AvgIpc) is 2.55. The second-order valence-corrected chi connectivity index (χ2v) is 7.65. The van der Waals surface area contributed by atoms with E-state index in [1.165, 1.54) is 69.8 Å². The fourth-order valence-electron chi connectivity index (χ4n) is 4.07. The van der Waals surface area contributed by atoms with Crippen molar-refractivity contribution in [1.82, 2.24) is 0 Å².